The first kappa shape index (κ1) is 15.3. The van der Waals surface area contributed by atoms with Gasteiger partial charge in [0.1, 0.15) is 24.4 Å². The van der Waals surface area contributed by atoms with E-state index in [1.54, 1.807) is 20.8 Å². The number of carbonyl (C=O) groups excluding carboxylic acids is 3. The van der Waals surface area contributed by atoms with Gasteiger partial charge in [-0.2, -0.15) is 0 Å². The molecule has 1 fully saturated rings. The molecule has 1 N–H and O–H groups in total. The van der Waals surface area contributed by atoms with Crippen molar-refractivity contribution in [3.8, 4) is 0 Å². The van der Waals surface area contributed by atoms with Crippen LogP contribution in [0.25, 0.3) is 0 Å². The molecule has 2 atom stereocenters. The van der Waals surface area contributed by atoms with E-state index < -0.39 is 35.8 Å². The summed E-state index contributed by atoms with van der Waals surface area (Å²) in [4.78, 5) is 33.6. The molecule has 0 aliphatic carbocycles. The Labute approximate surface area is 111 Å². The van der Waals surface area contributed by atoms with Gasteiger partial charge in [-0.05, 0) is 20.8 Å². The number of ether oxygens (including phenoxy) is 3. The van der Waals surface area contributed by atoms with Gasteiger partial charge in [0.2, 0.25) is 0 Å². The van der Waals surface area contributed by atoms with Crippen molar-refractivity contribution >= 4 is 18.0 Å². The first-order valence-corrected chi connectivity index (χ1v) is 6.01. The van der Waals surface area contributed by atoms with Crippen LogP contribution in [0, 0.1) is 0 Å². The highest BCUT2D eigenvalue weighted by molar-refractivity contribution is 5.83. The van der Waals surface area contributed by atoms with E-state index in [1.165, 1.54) is 6.92 Å². The Morgan fingerprint density at radius 3 is 2.58 bits per heavy atom. The normalized spacial score (nSPS) is 22.6. The Kier molecular flexibility index (Phi) is 4.74. The number of alkyl carbamates (subject to hydrolysis) is 1. The zero-order valence-corrected chi connectivity index (χ0v) is 11.5. The Hall–Kier alpha value is -1.79. The minimum Gasteiger partial charge on any atom is -0.462 e. The fourth-order valence-electron chi connectivity index (χ4n) is 1.53. The molecular weight excluding hydrogens is 254 g/mol. The van der Waals surface area contributed by atoms with Crippen LogP contribution >= 0.6 is 0 Å². The van der Waals surface area contributed by atoms with Crippen molar-refractivity contribution in [1.82, 2.24) is 5.32 Å². The summed E-state index contributed by atoms with van der Waals surface area (Å²) in [6.07, 6.45) is -0.954. The van der Waals surface area contributed by atoms with E-state index in [4.69, 9.17) is 14.2 Å². The number of hydrogen-bond donors (Lipinski definition) is 1. The standard InChI is InChI=1S/C12H19NO6/c1-7(14)17-6-8-5-9(10(15)18-8)13-11(16)19-12(2,3)4/h8-9H,5-6H2,1-4H3,(H,13,16)/t8-,9-/m0/s1. The fraction of sp³-hybridized carbons (Fsp3) is 0.750. The van der Waals surface area contributed by atoms with Gasteiger partial charge in [0, 0.05) is 13.3 Å². The molecule has 1 rings (SSSR count). The number of esters is 2. The van der Waals surface area contributed by atoms with Gasteiger partial charge in [0.25, 0.3) is 0 Å². The van der Waals surface area contributed by atoms with Crippen molar-refractivity contribution < 1.29 is 28.6 Å². The Balaban J connectivity index is 2.41. The summed E-state index contributed by atoms with van der Waals surface area (Å²) in [5.41, 5.74) is -0.635. The van der Waals surface area contributed by atoms with E-state index in [1.807, 2.05) is 0 Å². The lowest BCUT2D eigenvalue weighted by atomic mass is 10.2. The van der Waals surface area contributed by atoms with E-state index in [-0.39, 0.29) is 13.0 Å². The highest BCUT2D eigenvalue weighted by Crippen LogP contribution is 2.16. The molecule has 0 spiro atoms. The quantitative estimate of drug-likeness (QED) is 0.603. The third-order valence-electron chi connectivity index (χ3n) is 2.23. The van der Waals surface area contributed by atoms with Gasteiger partial charge in [-0.25, -0.2) is 9.59 Å². The van der Waals surface area contributed by atoms with Gasteiger partial charge in [0.15, 0.2) is 0 Å². The summed E-state index contributed by atoms with van der Waals surface area (Å²) in [7, 11) is 0. The summed E-state index contributed by atoms with van der Waals surface area (Å²) in [6.45, 7) is 6.44. The van der Waals surface area contributed by atoms with E-state index in [2.05, 4.69) is 5.32 Å². The second-order valence-electron chi connectivity index (χ2n) is 5.30. The fourth-order valence-corrected chi connectivity index (χ4v) is 1.53. The van der Waals surface area contributed by atoms with Crippen LogP contribution in [0.15, 0.2) is 0 Å². The number of cyclic esters (lactones) is 1. The molecule has 0 aromatic rings. The Morgan fingerprint density at radius 2 is 2.05 bits per heavy atom. The first-order chi connectivity index (χ1) is 8.67. The molecule has 7 heteroatoms. The topological polar surface area (TPSA) is 90.9 Å². The number of rotatable bonds is 3. The summed E-state index contributed by atoms with van der Waals surface area (Å²) in [5, 5.41) is 2.43. The monoisotopic (exact) mass is 273 g/mol. The van der Waals surface area contributed by atoms with E-state index in [0.29, 0.717) is 0 Å². The molecule has 1 saturated heterocycles. The molecule has 0 aromatic heterocycles. The number of carbonyl (C=O) groups is 3. The second-order valence-corrected chi connectivity index (χ2v) is 5.30. The largest absolute Gasteiger partial charge is 0.462 e. The molecule has 1 amide bonds. The first-order valence-electron chi connectivity index (χ1n) is 6.01. The molecule has 0 aromatic carbocycles. The molecule has 1 aliphatic heterocycles. The van der Waals surface area contributed by atoms with Crippen LogP contribution < -0.4 is 5.32 Å². The number of amides is 1. The van der Waals surface area contributed by atoms with Crippen LogP contribution in [-0.2, 0) is 23.8 Å². The maximum absolute atomic E-state index is 11.5. The van der Waals surface area contributed by atoms with Gasteiger partial charge in [-0.1, -0.05) is 0 Å². The van der Waals surface area contributed by atoms with Crippen LogP contribution in [0.1, 0.15) is 34.1 Å². The van der Waals surface area contributed by atoms with Crippen molar-refractivity contribution in [3.63, 3.8) is 0 Å². The van der Waals surface area contributed by atoms with Crippen molar-refractivity contribution in [2.75, 3.05) is 6.61 Å². The van der Waals surface area contributed by atoms with Crippen molar-refractivity contribution in [2.24, 2.45) is 0 Å². The average Bonchev–Trinajstić information content (AvgIpc) is 2.54. The van der Waals surface area contributed by atoms with Crippen LogP contribution in [0.5, 0.6) is 0 Å². The van der Waals surface area contributed by atoms with Gasteiger partial charge in [-0.15, -0.1) is 0 Å². The van der Waals surface area contributed by atoms with Crippen molar-refractivity contribution in [1.29, 1.82) is 0 Å². The van der Waals surface area contributed by atoms with Crippen LogP contribution in [-0.4, -0.2) is 42.4 Å². The summed E-state index contributed by atoms with van der Waals surface area (Å²) < 4.78 is 14.8. The number of nitrogens with one attached hydrogen (secondary N) is 1. The van der Waals surface area contributed by atoms with Gasteiger partial charge in [-0.3, -0.25) is 4.79 Å². The predicted octanol–water partition coefficient (Wildman–Crippen LogP) is 0.758. The lowest BCUT2D eigenvalue weighted by molar-refractivity contribution is -0.151. The van der Waals surface area contributed by atoms with Crippen molar-refractivity contribution in [3.05, 3.63) is 0 Å². The van der Waals surface area contributed by atoms with Crippen LogP contribution in [0.3, 0.4) is 0 Å². The highest BCUT2D eigenvalue weighted by atomic mass is 16.6. The minimum absolute atomic E-state index is 0.00638. The number of hydrogen-bond acceptors (Lipinski definition) is 6. The molecule has 1 heterocycles. The zero-order chi connectivity index (χ0) is 14.6. The second kappa shape index (κ2) is 5.90. The maximum atomic E-state index is 11.5. The Morgan fingerprint density at radius 1 is 1.42 bits per heavy atom. The molecular formula is C12H19NO6. The predicted molar refractivity (Wildman–Crippen MR) is 64.3 cm³/mol. The maximum Gasteiger partial charge on any atom is 0.408 e. The molecule has 0 radical (unpaired) electrons. The third kappa shape index (κ3) is 5.58. The van der Waals surface area contributed by atoms with E-state index in [0.717, 1.165) is 0 Å². The molecule has 0 saturated carbocycles. The van der Waals surface area contributed by atoms with Gasteiger partial charge < -0.3 is 19.5 Å². The smallest absolute Gasteiger partial charge is 0.408 e. The lowest BCUT2D eigenvalue weighted by Gasteiger charge is -2.20. The minimum atomic E-state index is -0.768. The van der Waals surface area contributed by atoms with Gasteiger partial charge in [0.05, 0.1) is 0 Å². The van der Waals surface area contributed by atoms with Crippen molar-refractivity contribution in [2.45, 2.75) is 51.9 Å². The third-order valence-corrected chi connectivity index (χ3v) is 2.23. The zero-order valence-electron chi connectivity index (χ0n) is 11.5. The SMILES string of the molecule is CC(=O)OC[C@@H]1C[C@H](NC(=O)OC(C)(C)C)C(=O)O1. The molecule has 0 bridgehead atoms. The lowest BCUT2D eigenvalue weighted by Crippen LogP contribution is -2.41. The molecule has 0 unspecified atom stereocenters. The summed E-state index contributed by atoms with van der Waals surface area (Å²) in [6, 6.07) is -0.768. The van der Waals surface area contributed by atoms with E-state index in [9.17, 15) is 14.4 Å². The molecule has 108 valence electrons. The Bertz CT molecular complexity index is 373. The van der Waals surface area contributed by atoms with Crippen LogP contribution in [0.4, 0.5) is 4.79 Å². The summed E-state index contributed by atoms with van der Waals surface area (Å²) in [5.74, 6) is -0.998. The molecule has 19 heavy (non-hydrogen) atoms. The molecule has 7 nitrogen and oxygen atoms in total. The van der Waals surface area contributed by atoms with Gasteiger partial charge >= 0.3 is 18.0 Å². The molecule has 1 aliphatic rings. The van der Waals surface area contributed by atoms with E-state index >= 15 is 0 Å². The average molecular weight is 273 g/mol. The summed E-state index contributed by atoms with van der Waals surface area (Å²) >= 11 is 0. The highest BCUT2D eigenvalue weighted by Gasteiger charge is 2.36. The van der Waals surface area contributed by atoms with Crippen LogP contribution in [0.2, 0.25) is 0 Å².